The highest BCUT2D eigenvalue weighted by Crippen LogP contribution is 2.36. The molecule has 0 aliphatic rings. The maximum absolute atomic E-state index is 13.8. The fourth-order valence-corrected chi connectivity index (χ4v) is 4.66. The fourth-order valence-electron chi connectivity index (χ4n) is 4.45. The van der Waals surface area contributed by atoms with E-state index in [2.05, 4.69) is 18.9 Å². The standard InChI is InChI=1S/C31H32ClN3O6/c1-17(2)23-15-24(18(3)12-26(23)38-5)29-34-25-11-9-8-10-22(25)30(36)35(29)33-16-20-13-21(32)14-27(39-6)28(20)41-19(4)31(37)40-7/h8-17,19H,1-7H3/t19-/m1/s1. The number of benzene rings is 3. The van der Waals surface area contributed by atoms with Crippen molar-refractivity contribution in [1.82, 2.24) is 9.66 Å². The van der Waals surface area contributed by atoms with E-state index in [1.807, 2.05) is 25.1 Å². The van der Waals surface area contributed by atoms with Crippen LogP contribution in [0.4, 0.5) is 0 Å². The lowest BCUT2D eigenvalue weighted by Gasteiger charge is -2.18. The number of nitrogens with zero attached hydrogens (tertiary/aromatic N) is 3. The number of methoxy groups -OCH3 is 3. The summed E-state index contributed by atoms with van der Waals surface area (Å²) in [7, 11) is 4.36. The smallest absolute Gasteiger partial charge is 0.346 e. The minimum atomic E-state index is -0.945. The van der Waals surface area contributed by atoms with Crippen LogP contribution in [0.5, 0.6) is 17.2 Å². The molecule has 0 aliphatic heterocycles. The lowest BCUT2D eigenvalue weighted by atomic mass is 9.96. The Morgan fingerprint density at radius 3 is 2.39 bits per heavy atom. The van der Waals surface area contributed by atoms with Gasteiger partial charge in [0, 0.05) is 22.2 Å². The number of aromatic nitrogens is 2. The number of aryl methyl sites for hydroxylation is 1. The number of rotatable bonds is 9. The van der Waals surface area contributed by atoms with Gasteiger partial charge in [0.05, 0.1) is 38.4 Å². The zero-order valence-electron chi connectivity index (χ0n) is 24.0. The van der Waals surface area contributed by atoms with Crippen LogP contribution in [0.3, 0.4) is 0 Å². The fraction of sp³-hybridized carbons (Fsp3) is 0.290. The molecular formula is C31H32ClN3O6. The van der Waals surface area contributed by atoms with Gasteiger partial charge in [-0.3, -0.25) is 4.79 Å². The molecule has 0 bridgehead atoms. The molecule has 214 valence electrons. The highest BCUT2D eigenvalue weighted by Gasteiger charge is 2.22. The van der Waals surface area contributed by atoms with Gasteiger partial charge in [-0.05, 0) is 61.2 Å². The molecule has 3 aromatic carbocycles. The van der Waals surface area contributed by atoms with Crippen molar-refractivity contribution in [1.29, 1.82) is 0 Å². The second-order valence-electron chi connectivity index (χ2n) is 9.69. The van der Waals surface area contributed by atoms with E-state index < -0.39 is 12.1 Å². The van der Waals surface area contributed by atoms with E-state index in [0.717, 1.165) is 22.4 Å². The van der Waals surface area contributed by atoms with Crippen molar-refractivity contribution in [2.75, 3.05) is 21.3 Å². The summed E-state index contributed by atoms with van der Waals surface area (Å²) in [6.45, 7) is 7.62. The number of carbonyl (C=O) groups excluding carboxylic acids is 1. The maximum atomic E-state index is 13.8. The van der Waals surface area contributed by atoms with E-state index >= 15 is 0 Å². The number of hydrogen-bond acceptors (Lipinski definition) is 8. The number of esters is 1. The predicted octanol–water partition coefficient (Wildman–Crippen LogP) is 5.99. The van der Waals surface area contributed by atoms with Gasteiger partial charge in [-0.25, -0.2) is 9.78 Å². The number of halogens is 1. The van der Waals surface area contributed by atoms with Crippen molar-refractivity contribution in [3.8, 4) is 28.6 Å². The number of para-hydroxylation sites is 1. The third-order valence-electron chi connectivity index (χ3n) is 6.60. The highest BCUT2D eigenvalue weighted by atomic mass is 35.5. The summed E-state index contributed by atoms with van der Waals surface area (Å²) in [6.07, 6.45) is 0.483. The molecule has 10 heteroatoms. The summed E-state index contributed by atoms with van der Waals surface area (Å²) in [5.74, 6) is 1.19. The van der Waals surface area contributed by atoms with Crippen LogP contribution in [0.2, 0.25) is 5.02 Å². The lowest BCUT2D eigenvalue weighted by Crippen LogP contribution is -2.25. The predicted molar refractivity (Wildman–Crippen MR) is 160 cm³/mol. The Morgan fingerprint density at radius 1 is 1.02 bits per heavy atom. The third kappa shape index (κ3) is 6.05. The van der Waals surface area contributed by atoms with Gasteiger partial charge in [-0.1, -0.05) is 37.6 Å². The maximum Gasteiger partial charge on any atom is 0.346 e. The molecule has 9 nitrogen and oxygen atoms in total. The van der Waals surface area contributed by atoms with Crippen molar-refractivity contribution in [2.24, 2.45) is 5.10 Å². The molecule has 0 saturated heterocycles. The molecule has 1 aromatic heterocycles. The lowest BCUT2D eigenvalue weighted by molar-refractivity contribution is -0.147. The van der Waals surface area contributed by atoms with Gasteiger partial charge in [0.15, 0.2) is 23.4 Å². The van der Waals surface area contributed by atoms with Crippen LogP contribution in [0.25, 0.3) is 22.3 Å². The topological polar surface area (TPSA) is 101 Å². The van der Waals surface area contributed by atoms with E-state index in [4.69, 9.17) is 35.5 Å². The average Bonchev–Trinajstić information content (AvgIpc) is 2.96. The molecular weight excluding hydrogens is 546 g/mol. The van der Waals surface area contributed by atoms with Crippen LogP contribution in [0.1, 0.15) is 43.4 Å². The summed E-state index contributed by atoms with van der Waals surface area (Å²) >= 11 is 6.36. The van der Waals surface area contributed by atoms with E-state index in [0.29, 0.717) is 27.3 Å². The number of fused-ring (bicyclic) bond motifs is 1. The van der Waals surface area contributed by atoms with Gasteiger partial charge in [-0.15, -0.1) is 0 Å². The molecule has 4 rings (SSSR count). The Labute approximate surface area is 243 Å². The van der Waals surface area contributed by atoms with Crippen LogP contribution in [-0.2, 0) is 9.53 Å². The normalized spacial score (nSPS) is 12.1. The Balaban J connectivity index is 1.97. The monoisotopic (exact) mass is 577 g/mol. The van der Waals surface area contributed by atoms with E-state index in [1.165, 1.54) is 25.1 Å². The molecule has 0 unspecified atom stereocenters. The number of hydrogen-bond donors (Lipinski definition) is 0. The van der Waals surface area contributed by atoms with Crippen LogP contribution in [0.15, 0.2) is 58.4 Å². The SMILES string of the molecule is COC(=O)[C@@H](C)Oc1c(C=Nn2c(-c3cc(C(C)C)c(OC)cc3C)nc3ccccc3c2=O)cc(Cl)cc1OC. The molecule has 1 heterocycles. The molecule has 0 radical (unpaired) electrons. The molecule has 0 amide bonds. The summed E-state index contributed by atoms with van der Waals surface area (Å²) < 4.78 is 23.0. The first-order valence-corrected chi connectivity index (χ1v) is 13.3. The number of ether oxygens (including phenoxy) is 4. The van der Waals surface area contributed by atoms with Crippen molar-refractivity contribution in [2.45, 2.75) is 39.7 Å². The molecule has 0 aliphatic carbocycles. The summed E-state index contributed by atoms with van der Waals surface area (Å²) in [5.41, 5.74) is 3.12. The van der Waals surface area contributed by atoms with Gasteiger partial charge in [-0.2, -0.15) is 9.78 Å². The first-order valence-electron chi connectivity index (χ1n) is 13.0. The summed E-state index contributed by atoms with van der Waals surface area (Å²) in [6, 6.07) is 14.2. The molecule has 0 N–H and O–H groups in total. The van der Waals surface area contributed by atoms with Gasteiger partial charge < -0.3 is 18.9 Å². The van der Waals surface area contributed by atoms with Gasteiger partial charge in [0.2, 0.25) is 0 Å². The van der Waals surface area contributed by atoms with E-state index in [1.54, 1.807) is 44.4 Å². The molecule has 4 aromatic rings. The van der Waals surface area contributed by atoms with E-state index in [9.17, 15) is 9.59 Å². The van der Waals surface area contributed by atoms with Crippen LogP contribution in [0, 0.1) is 6.92 Å². The Kier molecular flexibility index (Phi) is 8.98. The molecule has 0 spiro atoms. The van der Waals surface area contributed by atoms with Crippen LogP contribution < -0.4 is 19.8 Å². The summed E-state index contributed by atoms with van der Waals surface area (Å²) in [5, 5.41) is 5.34. The molecule has 41 heavy (non-hydrogen) atoms. The van der Waals surface area contributed by atoms with Gasteiger partial charge in [0.1, 0.15) is 5.75 Å². The third-order valence-corrected chi connectivity index (χ3v) is 6.82. The average molecular weight is 578 g/mol. The molecule has 0 fully saturated rings. The minimum Gasteiger partial charge on any atom is -0.496 e. The quantitative estimate of drug-likeness (QED) is 0.178. The van der Waals surface area contributed by atoms with Gasteiger partial charge in [0.25, 0.3) is 5.56 Å². The summed E-state index contributed by atoms with van der Waals surface area (Å²) in [4.78, 5) is 30.8. The Hall–Kier alpha value is -4.37. The number of carbonyl (C=O) groups is 1. The van der Waals surface area contributed by atoms with Crippen molar-refractivity contribution in [3.63, 3.8) is 0 Å². The van der Waals surface area contributed by atoms with Crippen molar-refractivity contribution < 1.29 is 23.7 Å². The van der Waals surface area contributed by atoms with E-state index in [-0.39, 0.29) is 23.0 Å². The molecule has 1 atom stereocenters. The Morgan fingerprint density at radius 2 is 1.73 bits per heavy atom. The first kappa shape index (κ1) is 29.6. The van der Waals surface area contributed by atoms with Gasteiger partial charge >= 0.3 is 5.97 Å². The van der Waals surface area contributed by atoms with Crippen molar-refractivity contribution >= 4 is 34.7 Å². The van der Waals surface area contributed by atoms with Crippen LogP contribution >= 0.6 is 11.6 Å². The first-order chi connectivity index (χ1) is 19.6. The zero-order valence-corrected chi connectivity index (χ0v) is 24.8. The highest BCUT2D eigenvalue weighted by molar-refractivity contribution is 6.31. The zero-order chi connectivity index (χ0) is 29.8. The minimum absolute atomic E-state index is 0.156. The second kappa shape index (κ2) is 12.4. The Bertz CT molecular complexity index is 1700. The second-order valence-corrected chi connectivity index (χ2v) is 10.1. The van der Waals surface area contributed by atoms with Crippen molar-refractivity contribution in [3.05, 3.63) is 80.6 Å². The largest absolute Gasteiger partial charge is 0.496 e. The van der Waals surface area contributed by atoms with Crippen LogP contribution in [-0.4, -0.2) is 49.3 Å². The molecule has 0 saturated carbocycles.